The Bertz CT molecular complexity index is 810. The number of hydrogen-bond acceptors (Lipinski definition) is 1. The third-order valence-corrected chi connectivity index (χ3v) is 8.61. The molecule has 2 fully saturated rings. The molecular weight excluding hydrogens is 374 g/mol. The number of piperidine rings is 1. The first-order valence-corrected chi connectivity index (χ1v) is 12.9. The highest BCUT2D eigenvalue weighted by atomic mass is 15.1. The van der Waals surface area contributed by atoms with Crippen LogP contribution in [0.4, 0.5) is 0 Å². The van der Waals surface area contributed by atoms with Gasteiger partial charge in [0.15, 0.2) is 0 Å². The molecule has 31 heavy (non-hydrogen) atoms. The summed E-state index contributed by atoms with van der Waals surface area (Å²) < 4.78 is 0. The second-order valence-electron chi connectivity index (χ2n) is 10.7. The van der Waals surface area contributed by atoms with E-state index in [0.717, 1.165) is 18.8 Å². The van der Waals surface area contributed by atoms with E-state index in [0.29, 0.717) is 11.3 Å². The lowest BCUT2D eigenvalue weighted by Crippen LogP contribution is -2.40. The summed E-state index contributed by atoms with van der Waals surface area (Å²) in [6.07, 6.45) is 12.1. The van der Waals surface area contributed by atoms with Crippen LogP contribution in [-0.4, -0.2) is 24.5 Å². The molecule has 0 radical (unpaired) electrons. The average molecular weight is 418 g/mol. The first kappa shape index (κ1) is 22.6. The van der Waals surface area contributed by atoms with Crippen LogP contribution >= 0.6 is 0 Å². The second-order valence-corrected chi connectivity index (χ2v) is 10.7. The topological polar surface area (TPSA) is 3.24 Å². The van der Waals surface area contributed by atoms with Gasteiger partial charge in [-0.2, -0.15) is 0 Å². The van der Waals surface area contributed by atoms with Crippen molar-refractivity contribution in [2.24, 2.45) is 11.3 Å². The van der Waals surface area contributed by atoms with E-state index in [1.54, 1.807) is 5.56 Å². The smallest absolute Gasteiger partial charge is 0.00555 e. The SMILES string of the molecule is CCC1CCN(CC(c2ccc(CCc3ccccc3)c(C)c2)C2(C)CCCC2)CC1. The highest BCUT2D eigenvalue weighted by Gasteiger charge is 2.39. The quantitative estimate of drug-likeness (QED) is 0.428. The standard InChI is InChI=1S/C30H43N/c1-4-25-16-20-31(21-17-25)23-29(30(3)18-8-9-19-30)28-15-14-27(24(2)22-28)13-12-26-10-6-5-7-11-26/h5-7,10-11,14-15,22,25,29H,4,8-9,12-13,16-21,23H2,1-3H3. The molecule has 1 aliphatic carbocycles. The predicted octanol–water partition coefficient (Wildman–Crippen LogP) is 7.57. The fourth-order valence-corrected chi connectivity index (χ4v) is 6.23. The molecule has 2 aromatic rings. The zero-order valence-corrected chi connectivity index (χ0v) is 20.2. The van der Waals surface area contributed by atoms with Gasteiger partial charge in [-0.05, 0) is 92.1 Å². The maximum Gasteiger partial charge on any atom is 0.00555 e. The lowest BCUT2D eigenvalue weighted by Gasteiger charge is -2.41. The summed E-state index contributed by atoms with van der Waals surface area (Å²) in [6, 6.07) is 18.4. The Labute approximate surface area is 191 Å². The minimum absolute atomic E-state index is 0.472. The van der Waals surface area contributed by atoms with Crippen LogP contribution in [0.25, 0.3) is 0 Å². The molecule has 1 heterocycles. The Morgan fingerprint density at radius 1 is 0.968 bits per heavy atom. The summed E-state index contributed by atoms with van der Waals surface area (Å²) in [4.78, 5) is 2.79. The van der Waals surface area contributed by atoms with Gasteiger partial charge in [0.05, 0.1) is 0 Å². The Morgan fingerprint density at radius 2 is 1.68 bits per heavy atom. The first-order valence-electron chi connectivity index (χ1n) is 12.9. The van der Waals surface area contributed by atoms with Crippen LogP contribution < -0.4 is 0 Å². The minimum atomic E-state index is 0.472. The van der Waals surface area contributed by atoms with Gasteiger partial charge in [0.25, 0.3) is 0 Å². The molecule has 1 saturated carbocycles. The third-order valence-electron chi connectivity index (χ3n) is 8.61. The van der Waals surface area contributed by atoms with Gasteiger partial charge in [-0.15, -0.1) is 0 Å². The number of hydrogen-bond donors (Lipinski definition) is 0. The van der Waals surface area contributed by atoms with Gasteiger partial charge in [-0.1, -0.05) is 81.6 Å². The average Bonchev–Trinajstić information content (AvgIpc) is 3.25. The fraction of sp³-hybridized carbons (Fsp3) is 0.600. The number of aryl methyl sites for hydroxylation is 3. The van der Waals surface area contributed by atoms with Crippen molar-refractivity contribution in [1.82, 2.24) is 4.90 Å². The van der Waals surface area contributed by atoms with E-state index in [2.05, 4.69) is 74.2 Å². The van der Waals surface area contributed by atoms with Gasteiger partial charge >= 0.3 is 0 Å². The van der Waals surface area contributed by atoms with Crippen molar-refractivity contribution in [2.45, 2.75) is 84.5 Å². The predicted molar refractivity (Wildman–Crippen MR) is 134 cm³/mol. The molecular formula is C30H43N. The van der Waals surface area contributed by atoms with Crippen LogP contribution in [0.15, 0.2) is 48.5 Å². The van der Waals surface area contributed by atoms with E-state index in [1.807, 2.05) is 0 Å². The van der Waals surface area contributed by atoms with Crippen molar-refractivity contribution in [1.29, 1.82) is 0 Å². The van der Waals surface area contributed by atoms with Crippen LogP contribution in [-0.2, 0) is 12.8 Å². The van der Waals surface area contributed by atoms with Gasteiger partial charge in [0.2, 0.25) is 0 Å². The monoisotopic (exact) mass is 417 g/mol. The Balaban J connectivity index is 1.49. The van der Waals surface area contributed by atoms with Gasteiger partial charge in [0, 0.05) is 12.5 Å². The molecule has 2 aliphatic rings. The molecule has 1 saturated heterocycles. The van der Waals surface area contributed by atoms with Crippen LogP contribution in [0.1, 0.15) is 87.0 Å². The summed E-state index contributed by atoms with van der Waals surface area (Å²) >= 11 is 0. The lowest BCUT2D eigenvalue weighted by atomic mass is 9.71. The molecule has 0 aromatic heterocycles. The van der Waals surface area contributed by atoms with Crippen molar-refractivity contribution in [3.8, 4) is 0 Å². The molecule has 0 N–H and O–H groups in total. The number of benzene rings is 2. The summed E-state index contributed by atoms with van der Waals surface area (Å²) in [7, 11) is 0. The number of likely N-dealkylation sites (tertiary alicyclic amines) is 1. The zero-order chi connectivity index (χ0) is 21.7. The molecule has 168 valence electrons. The number of rotatable bonds is 8. The maximum absolute atomic E-state index is 2.79. The highest BCUT2D eigenvalue weighted by molar-refractivity contribution is 5.35. The normalized spacial score (nSPS) is 20.7. The molecule has 1 heteroatoms. The molecule has 1 nitrogen and oxygen atoms in total. The summed E-state index contributed by atoms with van der Waals surface area (Å²) in [5, 5.41) is 0. The fourth-order valence-electron chi connectivity index (χ4n) is 6.23. The summed E-state index contributed by atoms with van der Waals surface area (Å²) in [5.74, 6) is 1.64. The van der Waals surface area contributed by atoms with Crippen LogP contribution in [0, 0.1) is 18.3 Å². The van der Waals surface area contributed by atoms with Crippen molar-refractivity contribution >= 4 is 0 Å². The molecule has 4 rings (SSSR count). The molecule has 1 unspecified atom stereocenters. The lowest BCUT2D eigenvalue weighted by molar-refractivity contribution is 0.133. The van der Waals surface area contributed by atoms with Crippen molar-refractivity contribution < 1.29 is 0 Å². The van der Waals surface area contributed by atoms with E-state index in [4.69, 9.17) is 0 Å². The largest absolute Gasteiger partial charge is 0.303 e. The highest BCUT2D eigenvalue weighted by Crippen LogP contribution is 2.49. The molecule has 0 spiro atoms. The molecule has 0 bridgehead atoms. The zero-order valence-electron chi connectivity index (χ0n) is 20.2. The van der Waals surface area contributed by atoms with Gasteiger partial charge in [-0.3, -0.25) is 0 Å². The van der Waals surface area contributed by atoms with Crippen LogP contribution in [0.2, 0.25) is 0 Å². The van der Waals surface area contributed by atoms with E-state index >= 15 is 0 Å². The van der Waals surface area contributed by atoms with E-state index in [9.17, 15) is 0 Å². The van der Waals surface area contributed by atoms with Crippen LogP contribution in [0.5, 0.6) is 0 Å². The maximum atomic E-state index is 2.79. The Morgan fingerprint density at radius 3 is 2.32 bits per heavy atom. The Kier molecular flexibility index (Phi) is 7.54. The van der Waals surface area contributed by atoms with E-state index in [1.165, 1.54) is 81.3 Å². The first-order chi connectivity index (χ1) is 15.1. The minimum Gasteiger partial charge on any atom is -0.303 e. The second kappa shape index (κ2) is 10.3. The van der Waals surface area contributed by atoms with Gasteiger partial charge in [0.1, 0.15) is 0 Å². The molecule has 0 amide bonds. The van der Waals surface area contributed by atoms with Crippen molar-refractivity contribution in [3.05, 3.63) is 70.8 Å². The summed E-state index contributed by atoms with van der Waals surface area (Å²) in [5.41, 5.74) is 6.52. The molecule has 2 aromatic carbocycles. The molecule has 1 aliphatic heterocycles. The van der Waals surface area contributed by atoms with E-state index in [-0.39, 0.29) is 0 Å². The summed E-state index contributed by atoms with van der Waals surface area (Å²) in [6.45, 7) is 11.2. The van der Waals surface area contributed by atoms with E-state index < -0.39 is 0 Å². The Hall–Kier alpha value is -1.60. The van der Waals surface area contributed by atoms with Gasteiger partial charge in [-0.25, -0.2) is 0 Å². The van der Waals surface area contributed by atoms with Crippen molar-refractivity contribution in [3.63, 3.8) is 0 Å². The van der Waals surface area contributed by atoms with Crippen LogP contribution in [0.3, 0.4) is 0 Å². The third kappa shape index (κ3) is 5.61. The number of nitrogens with zero attached hydrogens (tertiary/aromatic N) is 1. The molecule has 1 atom stereocenters. The van der Waals surface area contributed by atoms with Crippen molar-refractivity contribution in [2.75, 3.05) is 19.6 Å². The van der Waals surface area contributed by atoms with Gasteiger partial charge < -0.3 is 4.90 Å².